The van der Waals surface area contributed by atoms with Crippen LogP contribution in [0.4, 0.5) is 8.78 Å². The number of amides is 1. The van der Waals surface area contributed by atoms with Gasteiger partial charge in [0.2, 0.25) is 0 Å². The van der Waals surface area contributed by atoms with E-state index in [0.717, 1.165) is 24.1 Å². The van der Waals surface area contributed by atoms with Crippen LogP contribution in [0.2, 0.25) is 0 Å². The molecule has 7 heteroatoms. The van der Waals surface area contributed by atoms with Crippen molar-refractivity contribution >= 4 is 11.9 Å². The molecule has 0 atom stereocenters. The zero-order chi connectivity index (χ0) is 18.8. The number of ether oxygens (including phenoxy) is 1. The topological polar surface area (TPSA) is 68.3 Å². The fourth-order valence-corrected chi connectivity index (χ4v) is 2.28. The van der Waals surface area contributed by atoms with Gasteiger partial charge in [-0.05, 0) is 43.0 Å². The summed E-state index contributed by atoms with van der Waals surface area (Å²) in [5.41, 5.74) is 0.851. The molecule has 1 amide bonds. The summed E-state index contributed by atoms with van der Waals surface area (Å²) in [5, 5.41) is 2.49. The summed E-state index contributed by atoms with van der Waals surface area (Å²) < 4.78 is 31.4. The summed E-state index contributed by atoms with van der Waals surface area (Å²) in [5.74, 6) is -2.66. The first-order chi connectivity index (χ1) is 12.6. The molecule has 1 aromatic carbocycles. The van der Waals surface area contributed by atoms with E-state index in [1.807, 2.05) is 12.1 Å². The van der Waals surface area contributed by atoms with E-state index in [4.69, 9.17) is 4.74 Å². The van der Waals surface area contributed by atoms with Crippen LogP contribution in [0.3, 0.4) is 0 Å². The number of carbonyl (C=O) groups excluding carboxylic acids is 2. The molecule has 0 saturated carbocycles. The number of aromatic nitrogens is 1. The number of hydrogen-bond donors (Lipinski definition) is 1. The maximum Gasteiger partial charge on any atom is 0.305 e. The number of hydrogen-bond acceptors (Lipinski definition) is 4. The van der Waals surface area contributed by atoms with Crippen molar-refractivity contribution in [3.05, 3.63) is 65.5 Å². The molecular weight excluding hydrogens is 342 g/mol. The van der Waals surface area contributed by atoms with Crippen LogP contribution in [0.1, 0.15) is 35.2 Å². The zero-order valence-electron chi connectivity index (χ0n) is 14.2. The molecule has 5 nitrogen and oxygen atoms in total. The molecule has 0 aliphatic rings. The minimum absolute atomic E-state index is 0.152. The Morgan fingerprint density at radius 2 is 2.00 bits per heavy atom. The van der Waals surface area contributed by atoms with Crippen LogP contribution in [0.5, 0.6) is 0 Å². The Morgan fingerprint density at radius 3 is 2.73 bits per heavy atom. The Bertz CT molecular complexity index is 739. The minimum Gasteiger partial charge on any atom is -0.466 e. The number of nitrogens with one attached hydrogen (secondary N) is 1. The molecule has 26 heavy (non-hydrogen) atoms. The summed E-state index contributed by atoms with van der Waals surface area (Å²) in [6.45, 7) is 0.515. The molecule has 0 aliphatic carbocycles. The van der Waals surface area contributed by atoms with Gasteiger partial charge in [-0.1, -0.05) is 6.07 Å². The Balaban J connectivity index is 1.57. The zero-order valence-corrected chi connectivity index (χ0v) is 14.2. The molecule has 0 unspecified atom stereocenters. The van der Waals surface area contributed by atoms with Gasteiger partial charge in [0.05, 0.1) is 12.2 Å². The monoisotopic (exact) mass is 362 g/mol. The molecule has 2 rings (SSSR count). The molecular formula is C19H20F2N2O3. The summed E-state index contributed by atoms with van der Waals surface area (Å²) in [6, 6.07) is 6.56. The summed E-state index contributed by atoms with van der Waals surface area (Å²) in [7, 11) is 0. The van der Waals surface area contributed by atoms with E-state index in [-0.39, 0.29) is 24.5 Å². The van der Waals surface area contributed by atoms with E-state index in [2.05, 4.69) is 10.3 Å². The molecule has 0 saturated heterocycles. The quantitative estimate of drug-likeness (QED) is 0.550. The van der Waals surface area contributed by atoms with Crippen LogP contribution in [-0.2, 0) is 16.0 Å². The predicted octanol–water partition coefficient (Wildman–Crippen LogP) is 3.05. The third kappa shape index (κ3) is 6.58. The molecule has 1 heterocycles. The van der Waals surface area contributed by atoms with E-state index in [9.17, 15) is 18.4 Å². The summed E-state index contributed by atoms with van der Waals surface area (Å²) in [4.78, 5) is 27.4. The van der Waals surface area contributed by atoms with Crippen molar-refractivity contribution in [2.75, 3.05) is 13.2 Å². The Morgan fingerprint density at radius 1 is 1.15 bits per heavy atom. The molecule has 0 radical (unpaired) electrons. The van der Waals surface area contributed by atoms with Crippen molar-refractivity contribution in [2.24, 2.45) is 0 Å². The Hall–Kier alpha value is -2.83. The highest BCUT2D eigenvalue weighted by Crippen LogP contribution is 2.09. The number of benzene rings is 1. The standard InChI is InChI=1S/C19H20F2N2O3/c20-15-7-8-16(17(21)12-15)19(25)23-10-2-6-18(24)26-11-3-5-14-4-1-9-22-13-14/h1,4,7-9,12-13H,2-3,5-6,10-11H2,(H,23,25). The molecule has 0 fully saturated rings. The second-order valence-electron chi connectivity index (χ2n) is 5.67. The van der Waals surface area contributed by atoms with Crippen molar-refractivity contribution in [3.63, 3.8) is 0 Å². The van der Waals surface area contributed by atoms with Crippen molar-refractivity contribution in [3.8, 4) is 0 Å². The highest BCUT2D eigenvalue weighted by atomic mass is 19.1. The largest absolute Gasteiger partial charge is 0.466 e. The van der Waals surface area contributed by atoms with E-state index in [1.54, 1.807) is 12.4 Å². The van der Waals surface area contributed by atoms with Gasteiger partial charge in [-0.25, -0.2) is 8.78 Å². The number of pyridine rings is 1. The van der Waals surface area contributed by atoms with Gasteiger partial charge in [0.1, 0.15) is 11.6 Å². The molecule has 2 aromatic rings. The molecule has 138 valence electrons. The van der Waals surface area contributed by atoms with Crippen molar-refractivity contribution < 1.29 is 23.1 Å². The Kier molecular flexibility index (Phi) is 7.67. The van der Waals surface area contributed by atoms with Gasteiger partial charge in [0.15, 0.2) is 0 Å². The number of carbonyl (C=O) groups is 2. The summed E-state index contributed by atoms with van der Waals surface area (Å²) in [6.07, 6.45) is 5.48. The number of nitrogens with zero attached hydrogens (tertiary/aromatic N) is 1. The maximum absolute atomic E-state index is 13.5. The average molecular weight is 362 g/mol. The van der Waals surface area contributed by atoms with Gasteiger partial charge >= 0.3 is 5.97 Å². The third-order valence-electron chi connectivity index (χ3n) is 3.61. The molecule has 0 bridgehead atoms. The normalized spacial score (nSPS) is 10.4. The van der Waals surface area contributed by atoms with E-state index in [1.165, 1.54) is 0 Å². The fraction of sp³-hybridized carbons (Fsp3) is 0.316. The Labute approximate surface area is 150 Å². The van der Waals surface area contributed by atoms with Crippen molar-refractivity contribution in [2.45, 2.75) is 25.7 Å². The third-order valence-corrected chi connectivity index (χ3v) is 3.61. The lowest BCUT2D eigenvalue weighted by Crippen LogP contribution is -2.26. The number of aryl methyl sites for hydroxylation is 1. The average Bonchev–Trinajstić information content (AvgIpc) is 2.63. The first-order valence-corrected chi connectivity index (χ1v) is 8.34. The van der Waals surface area contributed by atoms with E-state index in [0.29, 0.717) is 25.5 Å². The van der Waals surface area contributed by atoms with Crippen LogP contribution in [-0.4, -0.2) is 30.0 Å². The second-order valence-corrected chi connectivity index (χ2v) is 5.67. The first kappa shape index (κ1) is 19.5. The predicted molar refractivity (Wildman–Crippen MR) is 91.4 cm³/mol. The lowest BCUT2D eigenvalue weighted by atomic mass is 10.2. The minimum atomic E-state index is -0.921. The van der Waals surface area contributed by atoms with Crippen LogP contribution in [0.15, 0.2) is 42.7 Å². The highest BCUT2D eigenvalue weighted by molar-refractivity contribution is 5.94. The maximum atomic E-state index is 13.5. The second kappa shape index (κ2) is 10.2. The SMILES string of the molecule is O=C(CCCNC(=O)c1ccc(F)cc1F)OCCCc1cccnc1. The van der Waals surface area contributed by atoms with Crippen LogP contribution in [0.25, 0.3) is 0 Å². The van der Waals surface area contributed by atoms with Crippen molar-refractivity contribution in [1.29, 1.82) is 0 Å². The van der Waals surface area contributed by atoms with Gasteiger partial charge in [0, 0.05) is 31.4 Å². The lowest BCUT2D eigenvalue weighted by molar-refractivity contribution is -0.143. The van der Waals surface area contributed by atoms with E-state index < -0.39 is 17.5 Å². The van der Waals surface area contributed by atoms with Crippen LogP contribution >= 0.6 is 0 Å². The van der Waals surface area contributed by atoms with Gasteiger partial charge in [-0.15, -0.1) is 0 Å². The molecule has 0 aliphatic heterocycles. The molecule has 1 aromatic heterocycles. The van der Waals surface area contributed by atoms with Gasteiger partial charge in [-0.3, -0.25) is 14.6 Å². The fourth-order valence-electron chi connectivity index (χ4n) is 2.28. The lowest BCUT2D eigenvalue weighted by Gasteiger charge is -2.07. The number of halogens is 2. The van der Waals surface area contributed by atoms with E-state index >= 15 is 0 Å². The summed E-state index contributed by atoms with van der Waals surface area (Å²) >= 11 is 0. The van der Waals surface area contributed by atoms with Gasteiger partial charge in [0.25, 0.3) is 5.91 Å². The highest BCUT2D eigenvalue weighted by Gasteiger charge is 2.12. The van der Waals surface area contributed by atoms with Gasteiger partial charge < -0.3 is 10.1 Å². The first-order valence-electron chi connectivity index (χ1n) is 8.34. The van der Waals surface area contributed by atoms with Gasteiger partial charge in [-0.2, -0.15) is 0 Å². The number of esters is 1. The number of rotatable bonds is 9. The van der Waals surface area contributed by atoms with Crippen molar-refractivity contribution in [1.82, 2.24) is 10.3 Å². The van der Waals surface area contributed by atoms with Crippen LogP contribution < -0.4 is 5.32 Å². The van der Waals surface area contributed by atoms with Crippen LogP contribution in [0, 0.1) is 11.6 Å². The smallest absolute Gasteiger partial charge is 0.305 e. The molecule has 1 N–H and O–H groups in total. The molecule has 0 spiro atoms.